The Bertz CT molecular complexity index is 918. The zero-order valence-electron chi connectivity index (χ0n) is 13.2. The summed E-state index contributed by atoms with van der Waals surface area (Å²) >= 11 is 0. The molecule has 9 heteroatoms. The van der Waals surface area contributed by atoms with Crippen LogP contribution in [0.2, 0.25) is 0 Å². The van der Waals surface area contributed by atoms with Crippen molar-refractivity contribution in [2.75, 3.05) is 5.32 Å². The lowest BCUT2D eigenvalue weighted by Crippen LogP contribution is -2.13. The minimum absolute atomic E-state index is 0.163. The smallest absolute Gasteiger partial charge is 0.362 e. The van der Waals surface area contributed by atoms with Gasteiger partial charge in [-0.15, -0.1) is 10.2 Å². The summed E-state index contributed by atoms with van der Waals surface area (Å²) < 4.78 is 39.8. The van der Waals surface area contributed by atoms with Crippen molar-refractivity contribution in [1.29, 1.82) is 0 Å². The molecule has 1 aliphatic rings. The van der Waals surface area contributed by atoms with Crippen molar-refractivity contribution in [1.82, 2.24) is 24.6 Å². The number of pyridine rings is 1. The highest BCUT2D eigenvalue weighted by atomic mass is 19.4. The molecule has 3 heterocycles. The number of fused-ring (bicyclic) bond motifs is 2. The van der Waals surface area contributed by atoms with Crippen LogP contribution in [0.1, 0.15) is 35.5 Å². The van der Waals surface area contributed by atoms with Gasteiger partial charge in [0.25, 0.3) is 0 Å². The Morgan fingerprint density at radius 1 is 1.12 bits per heavy atom. The number of anilines is 1. The first-order valence-corrected chi connectivity index (χ1v) is 8.00. The number of aryl methyl sites for hydroxylation is 1. The van der Waals surface area contributed by atoms with Crippen LogP contribution < -0.4 is 5.32 Å². The lowest BCUT2D eigenvalue weighted by Gasteiger charge is -2.17. The summed E-state index contributed by atoms with van der Waals surface area (Å²) in [4.78, 5) is 8.61. The first-order chi connectivity index (χ1) is 12.0. The summed E-state index contributed by atoms with van der Waals surface area (Å²) in [6.07, 6.45) is 2.57. The molecule has 0 aliphatic heterocycles. The quantitative estimate of drug-likeness (QED) is 0.788. The second-order valence-corrected chi connectivity index (χ2v) is 5.97. The van der Waals surface area contributed by atoms with Crippen LogP contribution in [0, 0.1) is 0 Å². The molecule has 0 saturated carbocycles. The zero-order chi connectivity index (χ0) is 17.4. The Labute approximate surface area is 141 Å². The van der Waals surface area contributed by atoms with Crippen LogP contribution in [-0.2, 0) is 25.6 Å². The predicted octanol–water partition coefficient (Wildman–Crippen LogP) is 3.03. The lowest BCUT2D eigenvalue weighted by atomic mass is 9.96. The first kappa shape index (κ1) is 15.8. The molecule has 0 aromatic carbocycles. The van der Waals surface area contributed by atoms with Gasteiger partial charge < -0.3 is 5.32 Å². The zero-order valence-corrected chi connectivity index (χ0v) is 13.2. The van der Waals surface area contributed by atoms with Crippen molar-refractivity contribution in [2.45, 2.75) is 38.4 Å². The van der Waals surface area contributed by atoms with E-state index in [1.165, 1.54) is 16.9 Å². The molecule has 4 rings (SSSR count). The largest absolute Gasteiger partial charge is 0.416 e. The van der Waals surface area contributed by atoms with Crippen LogP contribution in [0.5, 0.6) is 0 Å². The SMILES string of the molecule is FC(F)(F)c1ccn2c(CNc3ncnc4c3CCCC4)nnc2c1. The van der Waals surface area contributed by atoms with E-state index < -0.39 is 11.7 Å². The van der Waals surface area contributed by atoms with E-state index in [1.807, 2.05) is 0 Å². The Morgan fingerprint density at radius 3 is 2.80 bits per heavy atom. The molecule has 0 radical (unpaired) electrons. The summed E-state index contributed by atoms with van der Waals surface area (Å²) in [6, 6.07) is 2.01. The molecule has 6 nitrogen and oxygen atoms in total. The number of alkyl halides is 3. The number of nitrogens with zero attached hydrogens (tertiary/aromatic N) is 5. The minimum Gasteiger partial charge on any atom is -0.362 e. The van der Waals surface area contributed by atoms with Crippen molar-refractivity contribution >= 4 is 11.5 Å². The Kier molecular flexibility index (Phi) is 3.78. The summed E-state index contributed by atoms with van der Waals surface area (Å²) in [5.41, 5.74) is 1.60. The highest BCUT2D eigenvalue weighted by Crippen LogP contribution is 2.29. The van der Waals surface area contributed by atoms with Gasteiger partial charge in [0, 0.05) is 17.5 Å². The molecule has 1 N–H and O–H groups in total. The molecule has 0 amide bonds. The normalized spacial score (nSPS) is 14.5. The highest BCUT2D eigenvalue weighted by Gasteiger charge is 2.31. The minimum atomic E-state index is -4.40. The number of nitrogens with one attached hydrogen (secondary N) is 1. The molecule has 0 spiro atoms. The lowest BCUT2D eigenvalue weighted by molar-refractivity contribution is -0.137. The fourth-order valence-electron chi connectivity index (χ4n) is 3.07. The number of hydrogen-bond acceptors (Lipinski definition) is 5. The second kappa shape index (κ2) is 5.98. The maximum Gasteiger partial charge on any atom is 0.416 e. The third-order valence-electron chi connectivity index (χ3n) is 4.35. The molecule has 3 aromatic rings. The van der Waals surface area contributed by atoms with Gasteiger partial charge in [-0.25, -0.2) is 9.97 Å². The Morgan fingerprint density at radius 2 is 1.96 bits per heavy atom. The fraction of sp³-hybridized carbons (Fsp3) is 0.375. The topological polar surface area (TPSA) is 68.0 Å². The van der Waals surface area contributed by atoms with Crippen molar-refractivity contribution < 1.29 is 13.2 Å². The van der Waals surface area contributed by atoms with E-state index in [0.717, 1.165) is 54.9 Å². The summed E-state index contributed by atoms with van der Waals surface area (Å²) in [5.74, 6) is 1.28. The van der Waals surface area contributed by atoms with Gasteiger partial charge in [0.2, 0.25) is 0 Å². The maximum absolute atomic E-state index is 12.8. The molecule has 0 bridgehead atoms. The average molecular weight is 348 g/mol. The van der Waals surface area contributed by atoms with E-state index in [2.05, 4.69) is 25.5 Å². The summed E-state index contributed by atoms with van der Waals surface area (Å²) in [6.45, 7) is 0.315. The maximum atomic E-state index is 12.8. The van der Waals surface area contributed by atoms with Crippen molar-refractivity contribution in [3.05, 3.63) is 47.3 Å². The van der Waals surface area contributed by atoms with Gasteiger partial charge in [-0.1, -0.05) is 0 Å². The molecule has 0 saturated heterocycles. The number of halogens is 3. The van der Waals surface area contributed by atoms with E-state index in [1.54, 1.807) is 0 Å². The first-order valence-electron chi connectivity index (χ1n) is 8.00. The Hall–Kier alpha value is -2.71. The van der Waals surface area contributed by atoms with Gasteiger partial charge in [-0.05, 0) is 37.8 Å². The van der Waals surface area contributed by atoms with Gasteiger partial charge in [0.15, 0.2) is 11.5 Å². The number of rotatable bonds is 3. The predicted molar refractivity (Wildman–Crippen MR) is 84.0 cm³/mol. The number of aromatic nitrogens is 5. The summed E-state index contributed by atoms with van der Waals surface area (Å²) in [7, 11) is 0. The molecular formula is C16H15F3N6. The van der Waals surface area contributed by atoms with Crippen LogP contribution in [0.4, 0.5) is 19.0 Å². The van der Waals surface area contributed by atoms with E-state index in [9.17, 15) is 13.2 Å². The molecule has 0 fully saturated rings. The highest BCUT2D eigenvalue weighted by molar-refractivity contribution is 5.48. The van der Waals surface area contributed by atoms with Crippen molar-refractivity contribution in [2.24, 2.45) is 0 Å². The van der Waals surface area contributed by atoms with E-state index in [4.69, 9.17) is 0 Å². The molecule has 3 aromatic heterocycles. The Balaban J connectivity index is 1.58. The van der Waals surface area contributed by atoms with E-state index in [0.29, 0.717) is 12.4 Å². The molecule has 1 aliphatic carbocycles. The van der Waals surface area contributed by atoms with E-state index in [-0.39, 0.29) is 5.65 Å². The molecule has 25 heavy (non-hydrogen) atoms. The monoisotopic (exact) mass is 348 g/mol. The van der Waals surface area contributed by atoms with Gasteiger partial charge in [-0.3, -0.25) is 4.40 Å². The third-order valence-corrected chi connectivity index (χ3v) is 4.35. The van der Waals surface area contributed by atoms with Crippen LogP contribution in [0.15, 0.2) is 24.7 Å². The van der Waals surface area contributed by atoms with Crippen molar-refractivity contribution in [3.63, 3.8) is 0 Å². The molecule has 130 valence electrons. The fourth-order valence-corrected chi connectivity index (χ4v) is 3.07. The van der Waals surface area contributed by atoms with Crippen LogP contribution in [0.25, 0.3) is 5.65 Å². The standard InChI is InChI=1S/C16H15F3N6/c17-16(18,19)10-5-6-25-13(7-10)23-24-14(25)8-20-15-11-3-1-2-4-12(11)21-9-22-15/h5-7,9H,1-4,8H2,(H,20,21,22). The van der Waals surface area contributed by atoms with Crippen LogP contribution >= 0.6 is 0 Å². The molecule has 0 unspecified atom stereocenters. The second-order valence-electron chi connectivity index (χ2n) is 5.97. The van der Waals surface area contributed by atoms with Crippen LogP contribution in [-0.4, -0.2) is 24.6 Å². The van der Waals surface area contributed by atoms with Gasteiger partial charge in [0.1, 0.15) is 12.1 Å². The number of hydrogen-bond donors (Lipinski definition) is 1. The molecule has 0 atom stereocenters. The van der Waals surface area contributed by atoms with Gasteiger partial charge in [-0.2, -0.15) is 13.2 Å². The van der Waals surface area contributed by atoms with Crippen molar-refractivity contribution in [3.8, 4) is 0 Å². The summed E-state index contributed by atoms with van der Waals surface area (Å²) in [5, 5.41) is 11.0. The average Bonchev–Trinajstić information content (AvgIpc) is 3.01. The van der Waals surface area contributed by atoms with Gasteiger partial charge >= 0.3 is 6.18 Å². The van der Waals surface area contributed by atoms with Crippen LogP contribution in [0.3, 0.4) is 0 Å². The van der Waals surface area contributed by atoms with Gasteiger partial charge in [0.05, 0.1) is 12.1 Å². The third kappa shape index (κ3) is 3.01. The molecular weight excluding hydrogens is 333 g/mol. The van der Waals surface area contributed by atoms with E-state index >= 15 is 0 Å².